The quantitative estimate of drug-likeness (QED) is 0.633. The predicted molar refractivity (Wildman–Crippen MR) is 56.7 cm³/mol. The molecule has 0 spiro atoms. The molecule has 1 atom stereocenters. The van der Waals surface area contributed by atoms with E-state index < -0.39 is 0 Å². The van der Waals surface area contributed by atoms with Crippen LogP contribution in [0.5, 0.6) is 0 Å². The largest absolute Gasteiger partial charge is 0.302 e. The second-order valence-corrected chi connectivity index (χ2v) is 6.11. The van der Waals surface area contributed by atoms with E-state index >= 15 is 0 Å². The maximum Gasteiger partial charge on any atom is 0.00330 e. The Morgan fingerprint density at radius 3 is 2.54 bits per heavy atom. The molecule has 0 aromatic carbocycles. The molecule has 2 rings (SSSR count). The van der Waals surface area contributed by atoms with Gasteiger partial charge >= 0.3 is 0 Å². The standard InChI is InChI=1S/C12H23N/c1-10-6-12(2,3)9-13(7-10)8-11-4-5-11/h10-11H,4-9H2,1-3H3. The SMILES string of the molecule is CC1CN(CC2CC2)CC(C)(C)C1. The lowest BCUT2D eigenvalue weighted by molar-refractivity contribution is 0.0763. The highest BCUT2D eigenvalue weighted by molar-refractivity contribution is 4.86. The first-order valence-corrected chi connectivity index (χ1v) is 5.77. The summed E-state index contributed by atoms with van der Waals surface area (Å²) in [6, 6.07) is 0. The number of rotatable bonds is 2. The fourth-order valence-electron chi connectivity index (χ4n) is 2.99. The van der Waals surface area contributed by atoms with Crippen molar-refractivity contribution in [3.63, 3.8) is 0 Å². The molecule has 1 saturated heterocycles. The number of nitrogens with zero attached hydrogens (tertiary/aromatic N) is 1. The second kappa shape index (κ2) is 3.27. The molecule has 2 fully saturated rings. The van der Waals surface area contributed by atoms with E-state index in [2.05, 4.69) is 25.7 Å². The molecule has 0 radical (unpaired) electrons. The topological polar surface area (TPSA) is 3.24 Å². The van der Waals surface area contributed by atoms with Gasteiger partial charge in [0, 0.05) is 19.6 Å². The van der Waals surface area contributed by atoms with Gasteiger partial charge in [-0.05, 0) is 36.5 Å². The third-order valence-corrected chi connectivity index (χ3v) is 3.34. The zero-order valence-electron chi connectivity index (χ0n) is 9.34. The third-order valence-electron chi connectivity index (χ3n) is 3.34. The molecular weight excluding hydrogens is 158 g/mol. The molecule has 1 heteroatoms. The van der Waals surface area contributed by atoms with Crippen LogP contribution < -0.4 is 0 Å². The minimum absolute atomic E-state index is 0.562. The molecular formula is C12H23N. The van der Waals surface area contributed by atoms with Crippen molar-refractivity contribution in [1.29, 1.82) is 0 Å². The van der Waals surface area contributed by atoms with Gasteiger partial charge in [0.25, 0.3) is 0 Å². The van der Waals surface area contributed by atoms with Crippen LogP contribution in [0.3, 0.4) is 0 Å². The third kappa shape index (κ3) is 2.70. The lowest BCUT2D eigenvalue weighted by Crippen LogP contribution is -2.44. The van der Waals surface area contributed by atoms with Crippen LogP contribution in [0.1, 0.15) is 40.0 Å². The molecule has 1 nitrogen and oxygen atoms in total. The van der Waals surface area contributed by atoms with Gasteiger partial charge in [-0.25, -0.2) is 0 Å². The van der Waals surface area contributed by atoms with E-state index in [1.165, 1.54) is 38.9 Å². The fourth-order valence-corrected chi connectivity index (χ4v) is 2.99. The van der Waals surface area contributed by atoms with Crippen LogP contribution >= 0.6 is 0 Å². The van der Waals surface area contributed by atoms with E-state index in [1.807, 2.05) is 0 Å². The van der Waals surface area contributed by atoms with Crippen molar-refractivity contribution in [1.82, 2.24) is 4.90 Å². The molecule has 1 aliphatic carbocycles. The smallest absolute Gasteiger partial charge is 0.00330 e. The monoisotopic (exact) mass is 181 g/mol. The zero-order chi connectivity index (χ0) is 9.47. The van der Waals surface area contributed by atoms with Crippen LogP contribution in [0.25, 0.3) is 0 Å². The summed E-state index contributed by atoms with van der Waals surface area (Å²) in [5.74, 6) is 1.96. The van der Waals surface area contributed by atoms with Gasteiger partial charge in [0.05, 0.1) is 0 Å². The first-order chi connectivity index (χ1) is 6.05. The number of piperidine rings is 1. The van der Waals surface area contributed by atoms with Crippen LogP contribution in [0, 0.1) is 17.3 Å². The summed E-state index contributed by atoms with van der Waals surface area (Å²) in [5, 5.41) is 0. The summed E-state index contributed by atoms with van der Waals surface area (Å²) in [6.07, 6.45) is 4.39. The Labute approximate surface area is 82.5 Å². The van der Waals surface area contributed by atoms with E-state index in [0.29, 0.717) is 5.41 Å². The Balaban J connectivity index is 1.88. The van der Waals surface area contributed by atoms with Crippen LogP contribution in [0.2, 0.25) is 0 Å². The van der Waals surface area contributed by atoms with Gasteiger partial charge in [-0.1, -0.05) is 20.8 Å². The zero-order valence-corrected chi connectivity index (χ0v) is 9.34. The van der Waals surface area contributed by atoms with Crippen molar-refractivity contribution in [2.45, 2.75) is 40.0 Å². The second-order valence-electron chi connectivity index (χ2n) is 6.11. The Bertz CT molecular complexity index is 180. The molecule has 1 saturated carbocycles. The van der Waals surface area contributed by atoms with Crippen molar-refractivity contribution in [3.8, 4) is 0 Å². The van der Waals surface area contributed by atoms with Crippen molar-refractivity contribution >= 4 is 0 Å². The Morgan fingerprint density at radius 1 is 1.31 bits per heavy atom. The van der Waals surface area contributed by atoms with Gasteiger partial charge in [0.1, 0.15) is 0 Å². The van der Waals surface area contributed by atoms with Crippen molar-refractivity contribution in [2.75, 3.05) is 19.6 Å². The molecule has 76 valence electrons. The van der Waals surface area contributed by atoms with E-state index in [4.69, 9.17) is 0 Å². The number of hydrogen-bond donors (Lipinski definition) is 0. The molecule has 0 aromatic rings. The summed E-state index contributed by atoms with van der Waals surface area (Å²) in [4.78, 5) is 2.70. The first kappa shape index (κ1) is 9.51. The highest BCUT2D eigenvalue weighted by Crippen LogP contribution is 2.35. The Morgan fingerprint density at radius 2 is 2.00 bits per heavy atom. The lowest BCUT2D eigenvalue weighted by Gasteiger charge is -2.41. The van der Waals surface area contributed by atoms with Crippen LogP contribution in [-0.2, 0) is 0 Å². The molecule has 1 aliphatic heterocycles. The minimum Gasteiger partial charge on any atom is -0.302 e. The summed E-state index contributed by atoms with van der Waals surface area (Å²) in [5.41, 5.74) is 0.562. The van der Waals surface area contributed by atoms with Gasteiger partial charge in [0.2, 0.25) is 0 Å². The van der Waals surface area contributed by atoms with E-state index in [-0.39, 0.29) is 0 Å². The van der Waals surface area contributed by atoms with E-state index in [1.54, 1.807) is 0 Å². The molecule has 1 heterocycles. The molecule has 0 aromatic heterocycles. The summed E-state index contributed by atoms with van der Waals surface area (Å²) in [7, 11) is 0. The lowest BCUT2D eigenvalue weighted by atomic mass is 9.79. The Kier molecular flexibility index (Phi) is 2.39. The summed E-state index contributed by atoms with van der Waals surface area (Å²) >= 11 is 0. The van der Waals surface area contributed by atoms with Crippen molar-refractivity contribution in [2.24, 2.45) is 17.3 Å². The van der Waals surface area contributed by atoms with Crippen LogP contribution in [0.4, 0.5) is 0 Å². The van der Waals surface area contributed by atoms with Crippen molar-refractivity contribution in [3.05, 3.63) is 0 Å². The number of likely N-dealkylation sites (tertiary alicyclic amines) is 1. The number of hydrogen-bond acceptors (Lipinski definition) is 1. The molecule has 1 unspecified atom stereocenters. The van der Waals surface area contributed by atoms with Gasteiger partial charge in [-0.2, -0.15) is 0 Å². The van der Waals surface area contributed by atoms with Crippen molar-refractivity contribution < 1.29 is 0 Å². The highest BCUT2D eigenvalue weighted by atomic mass is 15.1. The van der Waals surface area contributed by atoms with E-state index in [9.17, 15) is 0 Å². The molecule has 13 heavy (non-hydrogen) atoms. The van der Waals surface area contributed by atoms with E-state index in [0.717, 1.165) is 11.8 Å². The Hall–Kier alpha value is -0.0400. The molecule has 2 aliphatic rings. The minimum atomic E-state index is 0.562. The van der Waals surface area contributed by atoms with Gasteiger partial charge in [0.15, 0.2) is 0 Å². The molecule has 0 N–H and O–H groups in total. The maximum atomic E-state index is 2.70. The predicted octanol–water partition coefficient (Wildman–Crippen LogP) is 2.76. The summed E-state index contributed by atoms with van der Waals surface area (Å²) in [6.45, 7) is 11.3. The average molecular weight is 181 g/mol. The van der Waals surface area contributed by atoms with Crippen LogP contribution in [0.15, 0.2) is 0 Å². The molecule has 0 amide bonds. The fraction of sp³-hybridized carbons (Fsp3) is 1.00. The van der Waals surface area contributed by atoms with Crippen LogP contribution in [-0.4, -0.2) is 24.5 Å². The van der Waals surface area contributed by atoms with Gasteiger partial charge in [-0.3, -0.25) is 0 Å². The normalized spacial score (nSPS) is 34.8. The summed E-state index contributed by atoms with van der Waals surface area (Å²) < 4.78 is 0. The average Bonchev–Trinajstić information content (AvgIpc) is 2.65. The van der Waals surface area contributed by atoms with Gasteiger partial charge in [-0.15, -0.1) is 0 Å². The van der Waals surface area contributed by atoms with Gasteiger partial charge < -0.3 is 4.90 Å². The highest BCUT2D eigenvalue weighted by Gasteiger charge is 2.33. The first-order valence-electron chi connectivity index (χ1n) is 5.77. The maximum absolute atomic E-state index is 2.70. The molecule has 0 bridgehead atoms.